The summed E-state index contributed by atoms with van der Waals surface area (Å²) in [5.41, 5.74) is 5.38. The summed E-state index contributed by atoms with van der Waals surface area (Å²) in [4.78, 5) is 2.11. The molecule has 0 radical (unpaired) electrons. The molecule has 0 aromatic carbocycles. The molecule has 0 amide bonds. The molecule has 2 N–H and O–H groups in total. The predicted octanol–water partition coefficient (Wildman–Crippen LogP) is 2.79. The van der Waals surface area contributed by atoms with Crippen LogP contribution in [0.2, 0.25) is 0 Å². The van der Waals surface area contributed by atoms with Gasteiger partial charge in [-0.2, -0.15) is 13.2 Å². The van der Waals surface area contributed by atoms with Gasteiger partial charge in [0.2, 0.25) is 0 Å². The zero-order valence-corrected chi connectivity index (χ0v) is 12.2. The molecule has 3 nitrogen and oxygen atoms in total. The molecule has 0 rings (SSSR count). The zero-order valence-electron chi connectivity index (χ0n) is 12.2. The molecule has 19 heavy (non-hydrogen) atoms. The van der Waals surface area contributed by atoms with Gasteiger partial charge in [0, 0.05) is 31.7 Å². The van der Waals surface area contributed by atoms with Crippen molar-refractivity contribution in [2.45, 2.75) is 51.7 Å². The van der Waals surface area contributed by atoms with Crippen molar-refractivity contribution in [3.8, 4) is 0 Å². The maximum absolute atomic E-state index is 12.2. The van der Waals surface area contributed by atoms with Crippen molar-refractivity contribution in [3.63, 3.8) is 0 Å². The van der Waals surface area contributed by atoms with Crippen LogP contribution in [-0.2, 0) is 4.74 Å². The van der Waals surface area contributed by atoms with Crippen LogP contribution < -0.4 is 5.73 Å². The predicted molar refractivity (Wildman–Crippen MR) is 71.1 cm³/mol. The van der Waals surface area contributed by atoms with Crippen LogP contribution in [-0.4, -0.2) is 49.5 Å². The molecular weight excluding hydrogens is 257 g/mol. The largest absolute Gasteiger partial charge is 0.389 e. The second-order valence-electron chi connectivity index (χ2n) is 4.95. The lowest BCUT2D eigenvalue weighted by Gasteiger charge is -2.40. The van der Waals surface area contributed by atoms with Gasteiger partial charge in [-0.15, -0.1) is 0 Å². The van der Waals surface area contributed by atoms with E-state index < -0.39 is 18.1 Å². The van der Waals surface area contributed by atoms with Gasteiger partial charge in [0.1, 0.15) is 0 Å². The van der Waals surface area contributed by atoms with Crippen molar-refractivity contribution in [2.75, 3.05) is 32.8 Å². The maximum Gasteiger partial charge on any atom is 0.389 e. The molecule has 0 saturated carbocycles. The summed E-state index contributed by atoms with van der Waals surface area (Å²) in [6.45, 7) is 8.87. The maximum atomic E-state index is 12.2. The van der Waals surface area contributed by atoms with Gasteiger partial charge in [0.25, 0.3) is 0 Å². The molecule has 0 aliphatic heterocycles. The van der Waals surface area contributed by atoms with E-state index in [2.05, 4.69) is 4.90 Å². The molecule has 1 unspecified atom stereocenters. The lowest BCUT2D eigenvalue weighted by molar-refractivity contribution is -0.137. The molecule has 0 aliphatic carbocycles. The van der Waals surface area contributed by atoms with Crippen LogP contribution in [0.1, 0.15) is 40.0 Å². The summed E-state index contributed by atoms with van der Waals surface area (Å²) in [6, 6.07) is 0. The molecule has 0 saturated heterocycles. The van der Waals surface area contributed by atoms with E-state index in [-0.39, 0.29) is 6.42 Å². The Labute approximate surface area is 114 Å². The van der Waals surface area contributed by atoms with Gasteiger partial charge in [0.15, 0.2) is 0 Å². The molecule has 0 bridgehead atoms. The standard InChI is InChI=1S/C13H27F3N2O/c1-4-18(9-10-19-5-2)12(3,11-17)7-6-8-13(14,15)16/h4-11,17H2,1-3H3. The van der Waals surface area contributed by atoms with E-state index >= 15 is 0 Å². The van der Waals surface area contributed by atoms with Crippen molar-refractivity contribution in [2.24, 2.45) is 5.73 Å². The lowest BCUT2D eigenvalue weighted by Crippen LogP contribution is -2.52. The van der Waals surface area contributed by atoms with E-state index in [0.717, 1.165) is 6.54 Å². The Morgan fingerprint density at radius 1 is 1.16 bits per heavy atom. The topological polar surface area (TPSA) is 38.5 Å². The van der Waals surface area contributed by atoms with E-state index in [0.29, 0.717) is 32.7 Å². The van der Waals surface area contributed by atoms with Gasteiger partial charge in [-0.05, 0) is 33.2 Å². The molecule has 0 heterocycles. The molecule has 0 aromatic heterocycles. The van der Waals surface area contributed by atoms with Gasteiger partial charge in [-0.1, -0.05) is 6.92 Å². The third-order valence-corrected chi connectivity index (χ3v) is 3.47. The normalized spacial score (nSPS) is 15.8. The average molecular weight is 284 g/mol. The Bertz CT molecular complexity index is 236. The highest BCUT2D eigenvalue weighted by Gasteiger charge is 2.32. The Hall–Kier alpha value is -0.330. The third-order valence-electron chi connectivity index (χ3n) is 3.47. The van der Waals surface area contributed by atoms with E-state index in [1.165, 1.54) is 0 Å². The lowest BCUT2D eigenvalue weighted by atomic mass is 9.92. The zero-order chi connectivity index (χ0) is 14.9. The number of hydrogen-bond acceptors (Lipinski definition) is 3. The molecule has 0 aromatic rings. The number of halogens is 3. The summed E-state index contributed by atoms with van der Waals surface area (Å²) < 4.78 is 41.9. The smallest absolute Gasteiger partial charge is 0.380 e. The highest BCUT2D eigenvalue weighted by Crippen LogP contribution is 2.27. The number of nitrogens with zero attached hydrogens (tertiary/aromatic N) is 1. The average Bonchev–Trinajstić information content (AvgIpc) is 2.33. The van der Waals surface area contributed by atoms with Gasteiger partial charge in [-0.3, -0.25) is 4.90 Å². The quantitative estimate of drug-likeness (QED) is 0.627. The van der Waals surface area contributed by atoms with Gasteiger partial charge >= 0.3 is 6.18 Å². The van der Waals surface area contributed by atoms with Crippen LogP contribution in [0.15, 0.2) is 0 Å². The summed E-state index contributed by atoms with van der Waals surface area (Å²) in [5.74, 6) is 0. The summed E-state index contributed by atoms with van der Waals surface area (Å²) in [5, 5.41) is 0. The van der Waals surface area contributed by atoms with Crippen molar-refractivity contribution >= 4 is 0 Å². The first kappa shape index (κ1) is 18.7. The minimum atomic E-state index is -4.09. The summed E-state index contributed by atoms with van der Waals surface area (Å²) in [7, 11) is 0. The Kier molecular flexibility index (Phi) is 8.61. The first-order valence-electron chi connectivity index (χ1n) is 6.88. The number of ether oxygens (including phenoxy) is 1. The second-order valence-corrected chi connectivity index (χ2v) is 4.95. The van der Waals surface area contributed by atoms with E-state index in [1.54, 1.807) is 0 Å². The number of likely N-dealkylation sites (N-methyl/N-ethyl adjacent to an activating group) is 1. The van der Waals surface area contributed by atoms with Crippen molar-refractivity contribution in [1.29, 1.82) is 0 Å². The van der Waals surface area contributed by atoms with Crippen LogP contribution in [0.4, 0.5) is 13.2 Å². The van der Waals surface area contributed by atoms with Crippen LogP contribution in [0.3, 0.4) is 0 Å². The van der Waals surface area contributed by atoms with Gasteiger partial charge in [-0.25, -0.2) is 0 Å². The Morgan fingerprint density at radius 3 is 2.21 bits per heavy atom. The Balaban J connectivity index is 4.36. The molecular formula is C13H27F3N2O. The SMILES string of the molecule is CCOCCN(CC)C(C)(CN)CCCC(F)(F)F. The molecule has 6 heteroatoms. The molecule has 116 valence electrons. The fourth-order valence-electron chi connectivity index (χ4n) is 2.19. The highest BCUT2D eigenvalue weighted by atomic mass is 19.4. The number of nitrogens with two attached hydrogens (primary N) is 1. The first-order valence-corrected chi connectivity index (χ1v) is 6.88. The fraction of sp³-hybridized carbons (Fsp3) is 1.00. The van der Waals surface area contributed by atoms with Crippen molar-refractivity contribution < 1.29 is 17.9 Å². The minimum Gasteiger partial charge on any atom is -0.380 e. The molecule has 1 atom stereocenters. The number of rotatable bonds is 10. The van der Waals surface area contributed by atoms with Crippen LogP contribution in [0.25, 0.3) is 0 Å². The summed E-state index contributed by atoms with van der Waals surface area (Å²) in [6.07, 6.45) is -4.27. The van der Waals surface area contributed by atoms with Crippen LogP contribution >= 0.6 is 0 Å². The number of alkyl halides is 3. The number of hydrogen-bond donors (Lipinski definition) is 1. The highest BCUT2D eigenvalue weighted by molar-refractivity contribution is 4.87. The molecule has 0 fully saturated rings. The monoisotopic (exact) mass is 284 g/mol. The molecule has 0 spiro atoms. The Morgan fingerprint density at radius 2 is 1.79 bits per heavy atom. The van der Waals surface area contributed by atoms with Crippen LogP contribution in [0.5, 0.6) is 0 Å². The van der Waals surface area contributed by atoms with Crippen molar-refractivity contribution in [3.05, 3.63) is 0 Å². The minimum absolute atomic E-state index is 0.113. The van der Waals surface area contributed by atoms with Crippen molar-refractivity contribution in [1.82, 2.24) is 4.90 Å². The fourth-order valence-corrected chi connectivity index (χ4v) is 2.19. The van der Waals surface area contributed by atoms with Gasteiger partial charge in [0.05, 0.1) is 6.61 Å². The van der Waals surface area contributed by atoms with E-state index in [1.807, 2.05) is 20.8 Å². The third kappa shape index (κ3) is 7.74. The first-order chi connectivity index (χ1) is 8.79. The van der Waals surface area contributed by atoms with E-state index in [4.69, 9.17) is 10.5 Å². The molecule has 0 aliphatic rings. The van der Waals surface area contributed by atoms with Crippen LogP contribution in [0, 0.1) is 0 Å². The van der Waals surface area contributed by atoms with Gasteiger partial charge < -0.3 is 10.5 Å². The summed E-state index contributed by atoms with van der Waals surface area (Å²) >= 11 is 0. The van der Waals surface area contributed by atoms with E-state index in [9.17, 15) is 13.2 Å². The second kappa shape index (κ2) is 8.76.